The van der Waals surface area contributed by atoms with E-state index >= 15 is 0 Å². The van der Waals surface area contributed by atoms with E-state index in [9.17, 15) is 4.79 Å². The second-order valence-electron chi connectivity index (χ2n) is 8.20. The molecule has 8 nitrogen and oxygen atoms in total. The number of aromatic nitrogens is 4. The molecule has 3 aromatic carbocycles. The summed E-state index contributed by atoms with van der Waals surface area (Å²) in [5.74, 6) is 1.13. The number of thioether (sulfide) groups is 1. The van der Waals surface area contributed by atoms with Crippen LogP contribution in [0, 0.1) is 0 Å². The molecule has 0 radical (unpaired) electrons. The van der Waals surface area contributed by atoms with Crippen molar-refractivity contribution in [1.82, 2.24) is 19.7 Å². The van der Waals surface area contributed by atoms with E-state index < -0.39 is 0 Å². The van der Waals surface area contributed by atoms with Crippen LogP contribution >= 0.6 is 11.8 Å². The minimum Gasteiger partial charge on any atom is -0.495 e. The number of fused-ring (bicyclic) bond motifs is 3. The van der Waals surface area contributed by atoms with Crippen LogP contribution in [0.15, 0.2) is 101 Å². The lowest BCUT2D eigenvalue weighted by Crippen LogP contribution is -2.15. The van der Waals surface area contributed by atoms with E-state index in [2.05, 4.69) is 20.5 Å². The number of rotatable bonds is 7. The van der Waals surface area contributed by atoms with Gasteiger partial charge in [-0.25, -0.2) is 0 Å². The molecule has 0 saturated heterocycles. The number of para-hydroxylation sites is 2. The lowest BCUT2D eigenvalue weighted by Gasteiger charge is -2.11. The molecule has 1 N–H and O–H groups in total. The van der Waals surface area contributed by atoms with E-state index in [1.54, 1.807) is 25.6 Å². The summed E-state index contributed by atoms with van der Waals surface area (Å²) in [6, 6.07) is 25.1. The van der Waals surface area contributed by atoms with Gasteiger partial charge in [0.15, 0.2) is 11.0 Å². The Morgan fingerprint density at radius 1 is 0.973 bits per heavy atom. The van der Waals surface area contributed by atoms with Crippen molar-refractivity contribution in [2.45, 2.75) is 5.16 Å². The van der Waals surface area contributed by atoms with Crippen LogP contribution in [0.5, 0.6) is 5.75 Å². The van der Waals surface area contributed by atoms with Gasteiger partial charge in [-0.1, -0.05) is 48.2 Å². The van der Waals surface area contributed by atoms with Crippen LogP contribution in [0.3, 0.4) is 0 Å². The number of hydrogen-bond donors (Lipinski definition) is 1. The third kappa shape index (κ3) is 4.41. The van der Waals surface area contributed by atoms with Crippen molar-refractivity contribution in [3.8, 4) is 22.8 Å². The number of benzene rings is 3. The van der Waals surface area contributed by atoms with Crippen molar-refractivity contribution in [2.75, 3.05) is 18.2 Å². The molecular weight excluding hydrogens is 486 g/mol. The first kappa shape index (κ1) is 22.8. The third-order valence-corrected chi connectivity index (χ3v) is 6.80. The number of nitrogens with zero attached hydrogens (tertiary/aromatic N) is 4. The number of amides is 1. The fraction of sp³-hybridized carbons (Fsp3) is 0.0714. The van der Waals surface area contributed by atoms with Gasteiger partial charge in [-0.05, 0) is 36.4 Å². The zero-order valence-corrected chi connectivity index (χ0v) is 20.6. The second kappa shape index (κ2) is 9.79. The molecule has 9 heteroatoms. The zero-order chi connectivity index (χ0) is 25.2. The summed E-state index contributed by atoms with van der Waals surface area (Å²) in [4.78, 5) is 17.2. The van der Waals surface area contributed by atoms with Gasteiger partial charge < -0.3 is 14.5 Å². The summed E-state index contributed by atoms with van der Waals surface area (Å²) in [5, 5.41) is 14.2. The first-order valence-electron chi connectivity index (χ1n) is 11.5. The third-order valence-electron chi connectivity index (χ3n) is 5.87. The Morgan fingerprint density at radius 2 is 1.81 bits per heavy atom. The number of carbonyl (C=O) groups is 1. The lowest BCUT2D eigenvalue weighted by molar-refractivity contribution is -0.113. The van der Waals surface area contributed by atoms with Crippen molar-refractivity contribution < 1.29 is 13.9 Å². The summed E-state index contributed by atoms with van der Waals surface area (Å²) < 4.78 is 13.5. The second-order valence-corrected chi connectivity index (χ2v) is 9.15. The molecule has 0 bridgehead atoms. The number of nitrogens with one attached hydrogen (secondary N) is 1. The predicted molar refractivity (Wildman–Crippen MR) is 144 cm³/mol. The highest BCUT2D eigenvalue weighted by Gasteiger charge is 2.19. The van der Waals surface area contributed by atoms with E-state index in [1.807, 2.05) is 77.4 Å². The van der Waals surface area contributed by atoms with Crippen molar-refractivity contribution in [2.24, 2.45) is 0 Å². The highest BCUT2D eigenvalue weighted by Crippen LogP contribution is 2.36. The van der Waals surface area contributed by atoms with Gasteiger partial charge in [0.05, 0.1) is 18.6 Å². The molecular formula is C28H21N5O3S. The van der Waals surface area contributed by atoms with Gasteiger partial charge in [-0.3, -0.25) is 14.3 Å². The van der Waals surface area contributed by atoms with E-state index in [0.717, 1.165) is 27.6 Å². The fourth-order valence-corrected chi connectivity index (χ4v) is 4.94. The lowest BCUT2D eigenvalue weighted by atomic mass is 10.1. The van der Waals surface area contributed by atoms with E-state index in [1.165, 1.54) is 11.8 Å². The molecule has 1 amide bonds. The summed E-state index contributed by atoms with van der Waals surface area (Å²) >= 11 is 1.30. The van der Waals surface area contributed by atoms with Crippen molar-refractivity contribution in [3.05, 3.63) is 91.3 Å². The number of anilines is 1. The van der Waals surface area contributed by atoms with Crippen LogP contribution in [0.4, 0.5) is 5.69 Å². The molecule has 3 aromatic heterocycles. The molecule has 0 aliphatic rings. The highest BCUT2D eigenvalue weighted by atomic mass is 32.2. The minimum atomic E-state index is -0.204. The molecule has 0 fully saturated rings. The minimum absolute atomic E-state index is 0.124. The molecule has 0 aliphatic carbocycles. The van der Waals surface area contributed by atoms with Crippen LogP contribution in [-0.2, 0) is 4.79 Å². The van der Waals surface area contributed by atoms with Crippen LogP contribution in [0.1, 0.15) is 0 Å². The maximum absolute atomic E-state index is 13.0. The van der Waals surface area contributed by atoms with Crippen LogP contribution in [0.2, 0.25) is 0 Å². The van der Waals surface area contributed by atoms with Crippen molar-refractivity contribution >= 4 is 45.3 Å². The molecule has 0 atom stereocenters. The number of carbonyl (C=O) groups excluding carboxylic acids is 1. The maximum atomic E-state index is 13.0. The van der Waals surface area contributed by atoms with Crippen molar-refractivity contribution in [1.29, 1.82) is 0 Å². The number of methoxy groups -OCH3 is 1. The zero-order valence-electron chi connectivity index (χ0n) is 19.8. The molecule has 0 unspecified atom stereocenters. The number of furan rings is 1. The van der Waals surface area contributed by atoms with Gasteiger partial charge in [0.25, 0.3) is 0 Å². The first-order valence-corrected chi connectivity index (χ1v) is 12.5. The van der Waals surface area contributed by atoms with E-state index in [4.69, 9.17) is 9.15 Å². The van der Waals surface area contributed by atoms with Crippen LogP contribution in [0.25, 0.3) is 39.0 Å². The summed E-state index contributed by atoms with van der Waals surface area (Å²) in [6.45, 7) is 0. The summed E-state index contributed by atoms with van der Waals surface area (Å²) in [6.07, 6.45) is 3.45. The monoisotopic (exact) mass is 507 g/mol. The average molecular weight is 508 g/mol. The molecule has 37 heavy (non-hydrogen) atoms. The molecule has 3 heterocycles. The van der Waals surface area contributed by atoms with E-state index in [0.29, 0.717) is 28.0 Å². The topological polar surface area (TPSA) is 95.1 Å². The molecule has 6 rings (SSSR count). The molecule has 0 saturated carbocycles. The summed E-state index contributed by atoms with van der Waals surface area (Å²) in [7, 11) is 1.58. The molecule has 6 aromatic rings. The first-order chi connectivity index (χ1) is 18.2. The quantitative estimate of drug-likeness (QED) is 0.266. The Labute approximate surface area is 216 Å². The van der Waals surface area contributed by atoms with Gasteiger partial charge in [-0.2, -0.15) is 0 Å². The molecule has 182 valence electrons. The van der Waals surface area contributed by atoms with Crippen molar-refractivity contribution in [3.63, 3.8) is 0 Å². The highest BCUT2D eigenvalue weighted by molar-refractivity contribution is 7.99. The normalized spacial score (nSPS) is 11.2. The maximum Gasteiger partial charge on any atom is 0.234 e. The number of hydrogen-bond acceptors (Lipinski definition) is 7. The van der Waals surface area contributed by atoms with Gasteiger partial charge in [0, 0.05) is 40.5 Å². The number of pyridine rings is 1. The predicted octanol–water partition coefficient (Wildman–Crippen LogP) is 5.97. The van der Waals surface area contributed by atoms with Crippen LogP contribution in [-0.4, -0.2) is 38.5 Å². The summed E-state index contributed by atoms with van der Waals surface area (Å²) in [5.41, 5.74) is 3.73. The van der Waals surface area contributed by atoms with Gasteiger partial charge in [0.2, 0.25) is 5.91 Å². The SMILES string of the molecule is COc1cc2c(cc1NC(=O)CSc1nnc(-c3cccnc3)n1-c1ccccc1)oc1ccccc12. The largest absolute Gasteiger partial charge is 0.495 e. The molecule has 0 aliphatic heterocycles. The standard InChI is InChI=1S/C28H21N5O3S/c1-35-25-14-21-20-11-5-6-12-23(20)36-24(21)15-22(25)30-26(34)17-37-28-32-31-27(18-8-7-13-29-16-18)33(28)19-9-3-2-4-10-19/h2-16H,17H2,1H3,(H,30,34). The average Bonchev–Trinajstić information content (AvgIpc) is 3.53. The van der Waals surface area contributed by atoms with E-state index in [-0.39, 0.29) is 11.7 Å². The van der Waals surface area contributed by atoms with Crippen LogP contribution < -0.4 is 10.1 Å². The Balaban J connectivity index is 1.26. The Morgan fingerprint density at radius 3 is 2.62 bits per heavy atom. The molecule has 0 spiro atoms. The Hall–Kier alpha value is -4.63. The fourth-order valence-electron chi connectivity index (χ4n) is 4.19. The Kier molecular flexibility index (Phi) is 6.03. The Bertz CT molecular complexity index is 1710. The smallest absolute Gasteiger partial charge is 0.234 e. The van der Waals surface area contributed by atoms with Gasteiger partial charge >= 0.3 is 0 Å². The number of ether oxygens (including phenoxy) is 1. The van der Waals surface area contributed by atoms with Gasteiger partial charge in [0.1, 0.15) is 16.9 Å². The van der Waals surface area contributed by atoms with Gasteiger partial charge in [-0.15, -0.1) is 10.2 Å².